The molecule has 0 amide bonds. The summed E-state index contributed by atoms with van der Waals surface area (Å²) in [5.41, 5.74) is 3.67. The quantitative estimate of drug-likeness (QED) is 0.175. The topological polar surface area (TPSA) is 83.5 Å². The molecular formula is C32H26ClN5O3S. The van der Waals surface area contributed by atoms with E-state index in [1.807, 2.05) is 92.0 Å². The Morgan fingerprint density at radius 3 is 2.50 bits per heavy atom. The molecule has 0 unspecified atom stereocenters. The Morgan fingerprint density at radius 2 is 1.79 bits per heavy atom. The van der Waals surface area contributed by atoms with Crippen LogP contribution in [0.25, 0.3) is 39.4 Å². The van der Waals surface area contributed by atoms with Gasteiger partial charge in [-0.05, 0) is 67.1 Å². The van der Waals surface area contributed by atoms with E-state index in [9.17, 15) is 4.79 Å². The fourth-order valence-electron chi connectivity index (χ4n) is 4.36. The molecule has 0 saturated heterocycles. The second kappa shape index (κ2) is 12.0. The van der Waals surface area contributed by atoms with Crippen LogP contribution >= 0.6 is 22.9 Å². The average Bonchev–Trinajstić information content (AvgIpc) is 3.71. The van der Waals surface area contributed by atoms with Crippen LogP contribution < -0.4 is 19.6 Å². The predicted molar refractivity (Wildman–Crippen MR) is 167 cm³/mol. The van der Waals surface area contributed by atoms with Gasteiger partial charge < -0.3 is 9.47 Å². The SMILES string of the molecule is C=CCOc1ccc(-c2nc3s/c(=C\c4cn(-c5ccccc5)nc4-c4ccc(OCCC)c(Cl)c4)c(=O)n3n2)cc1. The Labute approximate surface area is 250 Å². The van der Waals surface area contributed by atoms with Crippen molar-refractivity contribution in [2.75, 3.05) is 13.2 Å². The molecule has 3 aromatic heterocycles. The van der Waals surface area contributed by atoms with E-state index < -0.39 is 0 Å². The highest BCUT2D eigenvalue weighted by atomic mass is 35.5. The molecule has 42 heavy (non-hydrogen) atoms. The Kier molecular flexibility index (Phi) is 7.85. The smallest absolute Gasteiger partial charge is 0.291 e. The molecule has 6 aromatic rings. The van der Waals surface area contributed by atoms with Crippen molar-refractivity contribution < 1.29 is 9.47 Å². The van der Waals surface area contributed by atoms with Crippen LogP contribution in [0, 0.1) is 0 Å². The zero-order chi connectivity index (χ0) is 29.1. The van der Waals surface area contributed by atoms with E-state index in [-0.39, 0.29) is 5.56 Å². The van der Waals surface area contributed by atoms with E-state index >= 15 is 0 Å². The molecule has 0 fully saturated rings. The highest BCUT2D eigenvalue weighted by Crippen LogP contribution is 2.32. The molecular weight excluding hydrogens is 570 g/mol. The zero-order valence-corrected chi connectivity index (χ0v) is 24.3. The molecule has 6 rings (SSSR count). The van der Waals surface area contributed by atoms with Crippen LogP contribution in [0.1, 0.15) is 18.9 Å². The summed E-state index contributed by atoms with van der Waals surface area (Å²) in [6.07, 6.45) is 6.30. The van der Waals surface area contributed by atoms with Gasteiger partial charge in [0.1, 0.15) is 23.8 Å². The van der Waals surface area contributed by atoms with Crippen LogP contribution in [0.15, 0.2) is 96.4 Å². The van der Waals surface area contributed by atoms with Gasteiger partial charge in [-0.1, -0.05) is 60.7 Å². The predicted octanol–water partition coefficient (Wildman–Crippen LogP) is 6.23. The Hall–Kier alpha value is -4.73. The largest absolute Gasteiger partial charge is 0.492 e. The second-order valence-electron chi connectivity index (χ2n) is 9.38. The van der Waals surface area contributed by atoms with Gasteiger partial charge in [0.15, 0.2) is 5.82 Å². The highest BCUT2D eigenvalue weighted by Gasteiger charge is 2.16. The lowest BCUT2D eigenvalue weighted by Crippen LogP contribution is -2.23. The van der Waals surface area contributed by atoms with Crippen LogP contribution in [-0.2, 0) is 0 Å². The summed E-state index contributed by atoms with van der Waals surface area (Å²) in [6.45, 7) is 6.71. The van der Waals surface area contributed by atoms with Crippen LogP contribution in [0.5, 0.6) is 11.5 Å². The third kappa shape index (κ3) is 5.57. The minimum atomic E-state index is -0.251. The number of rotatable bonds is 10. The maximum Gasteiger partial charge on any atom is 0.291 e. The molecule has 3 aromatic carbocycles. The number of benzene rings is 3. The van der Waals surface area contributed by atoms with Gasteiger partial charge in [-0.25, -0.2) is 4.68 Å². The van der Waals surface area contributed by atoms with Crippen molar-refractivity contribution in [3.8, 4) is 39.8 Å². The first-order chi connectivity index (χ1) is 20.5. The summed E-state index contributed by atoms with van der Waals surface area (Å²) in [7, 11) is 0. The number of nitrogens with zero attached hydrogens (tertiary/aromatic N) is 5. The molecule has 210 valence electrons. The summed E-state index contributed by atoms with van der Waals surface area (Å²) in [6, 6.07) is 22.8. The third-order valence-electron chi connectivity index (χ3n) is 6.38. The van der Waals surface area contributed by atoms with E-state index in [0.29, 0.717) is 45.0 Å². The van der Waals surface area contributed by atoms with Gasteiger partial charge in [-0.3, -0.25) is 4.79 Å². The van der Waals surface area contributed by atoms with Crippen LogP contribution in [0.3, 0.4) is 0 Å². The molecule has 0 saturated carbocycles. The normalized spacial score (nSPS) is 11.7. The van der Waals surface area contributed by atoms with Crippen molar-refractivity contribution >= 4 is 34.0 Å². The van der Waals surface area contributed by atoms with Gasteiger partial charge in [0.2, 0.25) is 4.96 Å². The maximum absolute atomic E-state index is 13.4. The third-order valence-corrected chi connectivity index (χ3v) is 7.63. The molecule has 0 aliphatic carbocycles. The summed E-state index contributed by atoms with van der Waals surface area (Å²) in [5.74, 6) is 1.81. The van der Waals surface area contributed by atoms with Gasteiger partial charge in [-0.2, -0.15) is 14.6 Å². The second-order valence-corrected chi connectivity index (χ2v) is 10.8. The lowest BCUT2D eigenvalue weighted by Gasteiger charge is -2.08. The van der Waals surface area contributed by atoms with Gasteiger partial charge in [0.05, 0.1) is 21.8 Å². The summed E-state index contributed by atoms with van der Waals surface area (Å²) in [4.78, 5) is 18.5. The number of para-hydroxylation sites is 1. The van der Waals surface area contributed by atoms with E-state index in [0.717, 1.165) is 34.5 Å². The number of aromatic nitrogens is 5. The number of thiazole rings is 1. The monoisotopic (exact) mass is 595 g/mol. The zero-order valence-electron chi connectivity index (χ0n) is 22.7. The van der Waals surface area contributed by atoms with Crippen molar-refractivity contribution in [3.05, 3.63) is 117 Å². The molecule has 0 aliphatic heterocycles. The first-order valence-corrected chi connectivity index (χ1v) is 14.6. The lowest BCUT2D eigenvalue weighted by molar-refractivity contribution is 0.317. The van der Waals surface area contributed by atoms with Crippen LogP contribution in [-0.4, -0.2) is 37.6 Å². The van der Waals surface area contributed by atoms with Crippen molar-refractivity contribution in [2.45, 2.75) is 13.3 Å². The molecule has 0 bridgehead atoms. The summed E-state index contributed by atoms with van der Waals surface area (Å²) in [5, 5.41) is 9.85. The lowest BCUT2D eigenvalue weighted by atomic mass is 10.1. The molecule has 10 heteroatoms. The first-order valence-electron chi connectivity index (χ1n) is 13.4. The first kappa shape index (κ1) is 27.4. The molecule has 0 atom stereocenters. The maximum atomic E-state index is 13.4. The van der Waals surface area contributed by atoms with E-state index in [2.05, 4.69) is 16.7 Å². The number of ether oxygens (including phenoxy) is 2. The Morgan fingerprint density at radius 1 is 1.00 bits per heavy atom. The number of hydrogen-bond donors (Lipinski definition) is 0. The standard InChI is InChI=1S/C32H26ClN5O3S/c1-3-16-40-25-13-10-21(11-14-25)30-34-32-38(36-30)31(39)28(42-32)19-23-20-37(24-8-6-5-7-9-24)35-29(23)22-12-15-27(26(33)18-22)41-17-4-2/h3,5-15,18-20H,1,4,16-17H2,2H3/b28-19-. The van der Waals surface area contributed by atoms with Crippen molar-refractivity contribution in [1.29, 1.82) is 0 Å². The minimum absolute atomic E-state index is 0.251. The molecule has 8 nitrogen and oxygen atoms in total. The molecule has 0 aliphatic rings. The van der Waals surface area contributed by atoms with E-state index in [1.165, 1.54) is 15.9 Å². The average molecular weight is 596 g/mol. The molecule has 0 spiro atoms. The van der Waals surface area contributed by atoms with Crippen LogP contribution in [0.2, 0.25) is 5.02 Å². The van der Waals surface area contributed by atoms with Crippen LogP contribution in [0.4, 0.5) is 0 Å². The van der Waals surface area contributed by atoms with Gasteiger partial charge >= 0.3 is 0 Å². The minimum Gasteiger partial charge on any atom is -0.492 e. The molecule has 0 radical (unpaired) electrons. The fraction of sp³-hybridized carbons (Fsp3) is 0.125. The summed E-state index contributed by atoms with van der Waals surface area (Å²) < 4.78 is 14.9. The van der Waals surface area contributed by atoms with Crippen molar-refractivity contribution in [2.24, 2.45) is 0 Å². The molecule has 0 N–H and O–H groups in total. The van der Waals surface area contributed by atoms with E-state index in [1.54, 1.807) is 10.8 Å². The number of hydrogen-bond acceptors (Lipinski definition) is 7. The number of fused-ring (bicyclic) bond motifs is 1. The van der Waals surface area contributed by atoms with Gasteiger partial charge in [0, 0.05) is 22.9 Å². The Balaban J connectivity index is 1.39. The van der Waals surface area contributed by atoms with Crippen molar-refractivity contribution in [3.63, 3.8) is 0 Å². The van der Waals surface area contributed by atoms with Gasteiger partial charge in [0.25, 0.3) is 5.56 Å². The number of halogens is 1. The Bertz CT molecular complexity index is 1980. The van der Waals surface area contributed by atoms with E-state index in [4.69, 9.17) is 26.2 Å². The highest BCUT2D eigenvalue weighted by molar-refractivity contribution is 7.15. The van der Waals surface area contributed by atoms with Gasteiger partial charge in [-0.15, -0.1) is 5.10 Å². The summed E-state index contributed by atoms with van der Waals surface area (Å²) >= 11 is 7.84. The van der Waals surface area contributed by atoms with Crippen molar-refractivity contribution in [1.82, 2.24) is 24.4 Å². The molecule has 3 heterocycles. The fourth-order valence-corrected chi connectivity index (χ4v) is 5.49.